The van der Waals surface area contributed by atoms with Crippen LogP contribution in [0.2, 0.25) is 0 Å². The highest BCUT2D eigenvalue weighted by Gasteiger charge is 2.57. The Bertz CT molecular complexity index is 490. The lowest BCUT2D eigenvalue weighted by Gasteiger charge is -2.42. The Morgan fingerprint density at radius 3 is 2.00 bits per heavy atom. The number of hydrogen-bond donors (Lipinski definition) is 1. The first kappa shape index (κ1) is 16.1. The van der Waals surface area contributed by atoms with Gasteiger partial charge in [-0.25, -0.2) is 0 Å². The van der Waals surface area contributed by atoms with Gasteiger partial charge >= 0.3 is 12.4 Å². The van der Waals surface area contributed by atoms with Crippen LogP contribution in [0.1, 0.15) is 42.7 Å². The van der Waals surface area contributed by atoms with E-state index in [2.05, 4.69) is 0 Å². The summed E-state index contributed by atoms with van der Waals surface area (Å²) >= 11 is 0. The maximum absolute atomic E-state index is 13.2. The molecule has 118 valence electrons. The molecule has 21 heavy (non-hydrogen) atoms. The van der Waals surface area contributed by atoms with E-state index in [9.17, 15) is 26.3 Å². The van der Waals surface area contributed by atoms with E-state index in [1.54, 1.807) is 0 Å². The van der Waals surface area contributed by atoms with Gasteiger partial charge in [0.25, 0.3) is 0 Å². The van der Waals surface area contributed by atoms with Gasteiger partial charge in [0.05, 0.1) is 5.56 Å². The maximum Gasteiger partial charge on any atom is 0.416 e. The van der Waals surface area contributed by atoms with E-state index in [0.29, 0.717) is 12.8 Å². The van der Waals surface area contributed by atoms with Crippen molar-refractivity contribution in [2.75, 3.05) is 0 Å². The van der Waals surface area contributed by atoms with Gasteiger partial charge in [0.2, 0.25) is 0 Å². The van der Waals surface area contributed by atoms with E-state index in [-0.39, 0.29) is 18.4 Å². The molecule has 1 aliphatic rings. The highest BCUT2D eigenvalue weighted by molar-refractivity contribution is 5.30. The van der Waals surface area contributed by atoms with Crippen LogP contribution >= 0.6 is 0 Å². The molecule has 2 rings (SSSR count). The minimum Gasteiger partial charge on any atom is -0.317 e. The van der Waals surface area contributed by atoms with Gasteiger partial charge in [0, 0.05) is 5.92 Å². The fourth-order valence-corrected chi connectivity index (χ4v) is 2.91. The van der Waals surface area contributed by atoms with Crippen molar-refractivity contribution in [3.63, 3.8) is 0 Å². The van der Waals surface area contributed by atoms with E-state index in [4.69, 9.17) is 5.73 Å². The van der Waals surface area contributed by atoms with Crippen LogP contribution in [0.25, 0.3) is 0 Å². The average Bonchev–Trinajstić information content (AvgIpc) is 2.37. The average molecular weight is 311 g/mol. The Labute approximate surface area is 118 Å². The van der Waals surface area contributed by atoms with Crippen LogP contribution in [0.4, 0.5) is 26.3 Å². The Kier molecular flexibility index (Phi) is 3.99. The van der Waals surface area contributed by atoms with Crippen molar-refractivity contribution in [2.24, 2.45) is 5.73 Å². The molecule has 1 aliphatic carbocycles. The molecule has 0 saturated heterocycles. The molecule has 1 aromatic rings. The highest BCUT2D eigenvalue weighted by atomic mass is 19.4. The third kappa shape index (κ3) is 3.02. The number of rotatable bonds is 1. The van der Waals surface area contributed by atoms with Gasteiger partial charge in [-0.2, -0.15) is 26.3 Å². The summed E-state index contributed by atoms with van der Waals surface area (Å²) in [5.41, 5.74) is 2.55. The molecule has 0 heterocycles. The Morgan fingerprint density at radius 1 is 0.952 bits per heavy atom. The van der Waals surface area contributed by atoms with Crippen molar-refractivity contribution >= 4 is 0 Å². The molecule has 0 bridgehead atoms. The SMILES string of the molecule is N[C@]1(C(F)(F)F)CCCC[C@@H]1c1ccc(C(F)(F)F)cc1. The van der Waals surface area contributed by atoms with Crippen molar-refractivity contribution in [2.45, 2.75) is 49.5 Å². The zero-order valence-corrected chi connectivity index (χ0v) is 11.1. The molecular weight excluding hydrogens is 296 g/mol. The molecule has 2 atom stereocenters. The molecule has 0 amide bonds. The molecule has 0 aromatic heterocycles. The van der Waals surface area contributed by atoms with Gasteiger partial charge in [0.1, 0.15) is 5.54 Å². The van der Waals surface area contributed by atoms with Gasteiger partial charge in [0.15, 0.2) is 0 Å². The predicted octanol–water partition coefficient (Wildman–Crippen LogP) is 4.62. The van der Waals surface area contributed by atoms with E-state index < -0.39 is 29.4 Å². The number of nitrogens with two attached hydrogens (primary N) is 1. The zero-order valence-electron chi connectivity index (χ0n) is 11.1. The second-order valence-electron chi connectivity index (χ2n) is 5.46. The molecule has 1 saturated carbocycles. The number of benzene rings is 1. The van der Waals surface area contributed by atoms with Gasteiger partial charge in [-0.05, 0) is 30.5 Å². The van der Waals surface area contributed by atoms with E-state index in [0.717, 1.165) is 24.3 Å². The van der Waals surface area contributed by atoms with Crippen LogP contribution in [-0.2, 0) is 6.18 Å². The topological polar surface area (TPSA) is 26.0 Å². The molecule has 0 aliphatic heterocycles. The van der Waals surface area contributed by atoms with Crippen molar-refractivity contribution in [3.8, 4) is 0 Å². The predicted molar refractivity (Wildman–Crippen MR) is 65.6 cm³/mol. The van der Waals surface area contributed by atoms with Crippen molar-refractivity contribution < 1.29 is 26.3 Å². The Hall–Kier alpha value is -1.24. The van der Waals surface area contributed by atoms with Gasteiger partial charge in [-0.1, -0.05) is 25.0 Å². The second-order valence-corrected chi connectivity index (χ2v) is 5.46. The van der Waals surface area contributed by atoms with Crippen LogP contribution in [0.3, 0.4) is 0 Å². The maximum atomic E-state index is 13.2. The quantitative estimate of drug-likeness (QED) is 0.752. The van der Waals surface area contributed by atoms with Crippen LogP contribution in [-0.4, -0.2) is 11.7 Å². The molecule has 0 unspecified atom stereocenters. The fraction of sp³-hybridized carbons (Fsp3) is 0.571. The summed E-state index contributed by atoms with van der Waals surface area (Å²) in [5, 5.41) is 0. The molecular formula is C14H15F6N. The summed E-state index contributed by atoms with van der Waals surface area (Å²) in [6.45, 7) is 0. The van der Waals surface area contributed by atoms with Crippen molar-refractivity contribution in [3.05, 3.63) is 35.4 Å². The molecule has 2 N–H and O–H groups in total. The van der Waals surface area contributed by atoms with Crippen LogP contribution in [0.5, 0.6) is 0 Å². The molecule has 1 aromatic carbocycles. The largest absolute Gasteiger partial charge is 0.416 e. The van der Waals surface area contributed by atoms with Gasteiger partial charge in [-0.3, -0.25) is 0 Å². The van der Waals surface area contributed by atoms with Crippen LogP contribution in [0, 0.1) is 0 Å². The smallest absolute Gasteiger partial charge is 0.317 e. The summed E-state index contributed by atoms with van der Waals surface area (Å²) in [6.07, 6.45) is -8.12. The molecule has 1 nitrogen and oxygen atoms in total. The normalized spacial score (nSPS) is 27.7. The standard InChI is InChI=1S/C14H15F6N/c15-13(16,17)10-6-4-9(5-7-10)11-3-1-2-8-12(11,21)14(18,19)20/h4-7,11H,1-3,8,21H2/t11-,12-/m1/s1. The zero-order chi connectivity index (χ0) is 15.9. The van der Waals surface area contributed by atoms with Crippen LogP contribution in [0.15, 0.2) is 24.3 Å². The monoisotopic (exact) mass is 311 g/mol. The minimum absolute atomic E-state index is 0.206. The van der Waals surface area contributed by atoms with Crippen LogP contribution < -0.4 is 5.73 Å². The summed E-state index contributed by atoms with van der Waals surface area (Å²) in [6, 6.07) is 3.82. The number of hydrogen-bond acceptors (Lipinski definition) is 1. The first-order valence-corrected chi connectivity index (χ1v) is 6.58. The third-order valence-corrected chi connectivity index (χ3v) is 4.12. The summed E-state index contributed by atoms with van der Waals surface area (Å²) in [4.78, 5) is 0. The third-order valence-electron chi connectivity index (χ3n) is 4.12. The molecule has 7 heteroatoms. The van der Waals surface area contributed by atoms with E-state index in [1.165, 1.54) is 0 Å². The van der Waals surface area contributed by atoms with Crippen molar-refractivity contribution in [1.82, 2.24) is 0 Å². The molecule has 0 spiro atoms. The Morgan fingerprint density at radius 2 is 1.52 bits per heavy atom. The highest BCUT2D eigenvalue weighted by Crippen LogP contribution is 2.48. The first-order chi connectivity index (χ1) is 9.56. The number of halogens is 6. The van der Waals surface area contributed by atoms with E-state index >= 15 is 0 Å². The van der Waals surface area contributed by atoms with Crippen molar-refractivity contribution in [1.29, 1.82) is 0 Å². The lowest BCUT2D eigenvalue weighted by Crippen LogP contribution is -2.58. The van der Waals surface area contributed by atoms with E-state index in [1.807, 2.05) is 0 Å². The summed E-state index contributed by atoms with van der Waals surface area (Å²) in [5.74, 6) is -1.01. The van der Waals surface area contributed by atoms with Gasteiger partial charge in [-0.15, -0.1) is 0 Å². The molecule has 0 radical (unpaired) electrons. The lowest BCUT2D eigenvalue weighted by molar-refractivity contribution is -0.199. The minimum atomic E-state index is -4.58. The van der Waals surface area contributed by atoms with Gasteiger partial charge < -0.3 is 5.73 Å². The molecule has 1 fully saturated rings. The Balaban J connectivity index is 2.35. The first-order valence-electron chi connectivity index (χ1n) is 6.58. The lowest BCUT2D eigenvalue weighted by atomic mass is 9.69. The summed E-state index contributed by atoms with van der Waals surface area (Å²) in [7, 11) is 0. The number of alkyl halides is 6. The second kappa shape index (κ2) is 5.19. The summed E-state index contributed by atoms with van der Waals surface area (Å²) < 4.78 is 77.2. The fourth-order valence-electron chi connectivity index (χ4n) is 2.91.